The molecule has 0 aliphatic rings. The van der Waals surface area contributed by atoms with Crippen LogP contribution in [-0.4, -0.2) is 25.8 Å². The fourth-order valence-electron chi connectivity index (χ4n) is 0.803. The van der Waals surface area contributed by atoms with Gasteiger partial charge in [0, 0.05) is 20.8 Å². The Hall–Kier alpha value is -0.420. The first-order valence-corrected chi connectivity index (χ1v) is 6.74. The van der Waals surface area contributed by atoms with Gasteiger partial charge in [-0.2, -0.15) is 0 Å². The van der Waals surface area contributed by atoms with Crippen molar-refractivity contribution in [3.05, 3.63) is 12.3 Å². The normalized spacial score (nSPS) is 10.9. The molecule has 0 saturated heterocycles. The summed E-state index contributed by atoms with van der Waals surface area (Å²) >= 11 is 4.99. The fourth-order valence-corrected chi connectivity index (χ4v) is 1.67. The number of phosphoric acid groups is 1. The molecule has 94 valence electrons. The summed E-state index contributed by atoms with van der Waals surface area (Å²) in [5.41, 5.74) is 0. The lowest BCUT2D eigenvalue weighted by Crippen LogP contribution is -2.24. The highest BCUT2D eigenvalue weighted by atomic mass is 32.1. The predicted octanol–water partition coefficient (Wildman–Crippen LogP) is 2.63. The highest BCUT2D eigenvalue weighted by molar-refractivity contribution is 7.80. The van der Waals surface area contributed by atoms with E-state index in [-0.39, 0.29) is 5.76 Å². The van der Waals surface area contributed by atoms with Gasteiger partial charge >= 0.3 is 7.82 Å². The molecule has 1 N–H and O–H groups in total. The molecule has 0 aliphatic carbocycles. The van der Waals surface area contributed by atoms with Crippen LogP contribution in [0.1, 0.15) is 19.8 Å². The van der Waals surface area contributed by atoms with Crippen LogP contribution in [-0.2, 0) is 18.1 Å². The second-order valence-electron chi connectivity index (χ2n) is 2.94. The molecule has 5 nitrogen and oxygen atoms in total. The highest BCUT2D eigenvalue weighted by Crippen LogP contribution is 2.49. The van der Waals surface area contributed by atoms with Crippen LogP contribution in [0.2, 0.25) is 0 Å². The Bertz CT molecular complexity index is 287. The quantitative estimate of drug-likeness (QED) is 0.240. The SMILES string of the molecule is C=C(OP(=O)(OC)OC)C(=S)NCCCC. The molecule has 0 amide bonds. The summed E-state index contributed by atoms with van der Waals surface area (Å²) in [5, 5.41) is 2.93. The number of thiocarbonyl (C=S) groups is 1. The molecular weight excluding hydrogens is 249 g/mol. The van der Waals surface area contributed by atoms with E-state index in [1.807, 2.05) is 0 Å². The molecule has 0 heterocycles. The van der Waals surface area contributed by atoms with Crippen molar-refractivity contribution in [2.24, 2.45) is 0 Å². The fraction of sp³-hybridized carbons (Fsp3) is 0.667. The maximum absolute atomic E-state index is 11.6. The van der Waals surface area contributed by atoms with Crippen molar-refractivity contribution >= 4 is 25.0 Å². The smallest absolute Gasteiger partial charge is 0.402 e. The van der Waals surface area contributed by atoms with Crippen LogP contribution < -0.4 is 5.32 Å². The van der Waals surface area contributed by atoms with Crippen LogP contribution in [0.25, 0.3) is 0 Å². The van der Waals surface area contributed by atoms with E-state index in [0.717, 1.165) is 19.4 Å². The zero-order chi connectivity index (χ0) is 12.6. The summed E-state index contributed by atoms with van der Waals surface area (Å²) in [7, 11) is -1.10. The van der Waals surface area contributed by atoms with Crippen LogP contribution in [0.3, 0.4) is 0 Å². The van der Waals surface area contributed by atoms with Crippen molar-refractivity contribution < 1.29 is 18.1 Å². The highest BCUT2D eigenvalue weighted by Gasteiger charge is 2.26. The molecule has 0 saturated carbocycles. The van der Waals surface area contributed by atoms with Crippen LogP contribution in [0.4, 0.5) is 0 Å². The predicted molar refractivity (Wildman–Crippen MR) is 67.4 cm³/mol. The van der Waals surface area contributed by atoms with Crippen LogP contribution >= 0.6 is 20.0 Å². The van der Waals surface area contributed by atoms with Crippen molar-refractivity contribution in [3.63, 3.8) is 0 Å². The summed E-state index contributed by atoms with van der Waals surface area (Å²) < 4.78 is 25.7. The van der Waals surface area contributed by atoms with E-state index in [0.29, 0.717) is 4.99 Å². The van der Waals surface area contributed by atoms with Gasteiger partial charge in [0.1, 0.15) is 4.99 Å². The molecule has 0 aromatic carbocycles. The van der Waals surface area contributed by atoms with Crippen LogP contribution in [0, 0.1) is 0 Å². The minimum Gasteiger partial charge on any atom is -0.402 e. The van der Waals surface area contributed by atoms with Crippen LogP contribution in [0.15, 0.2) is 12.3 Å². The second kappa shape index (κ2) is 7.79. The van der Waals surface area contributed by atoms with Crippen molar-refractivity contribution in [2.45, 2.75) is 19.8 Å². The van der Waals surface area contributed by atoms with E-state index < -0.39 is 7.82 Å². The number of phosphoric ester groups is 1. The molecule has 0 rings (SSSR count). The Morgan fingerprint density at radius 3 is 2.44 bits per heavy atom. The van der Waals surface area contributed by atoms with Crippen molar-refractivity contribution in [1.29, 1.82) is 0 Å². The van der Waals surface area contributed by atoms with Gasteiger partial charge in [-0.15, -0.1) is 0 Å². The number of unbranched alkanes of at least 4 members (excludes halogenated alkanes) is 1. The summed E-state index contributed by atoms with van der Waals surface area (Å²) in [6.07, 6.45) is 2.04. The molecule has 0 spiro atoms. The van der Waals surface area contributed by atoms with Gasteiger partial charge in [-0.3, -0.25) is 9.05 Å². The number of rotatable bonds is 8. The van der Waals surface area contributed by atoms with E-state index in [2.05, 4.69) is 27.9 Å². The zero-order valence-electron chi connectivity index (χ0n) is 9.82. The Morgan fingerprint density at radius 2 is 2.00 bits per heavy atom. The zero-order valence-corrected chi connectivity index (χ0v) is 11.5. The molecular formula is C9H18NO4PS. The van der Waals surface area contributed by atoms with E-state index in [9.17, 15) is 4.57 Å². The molecule has 16 heavy (non-hydrogen) atoms. The largest absolute Gasteiger partial charge is 0.529 e. The summed E-state index contributed by atoms with van der Waals surface area (Å²) in [4.78, 5) is 0.308. The van der Waals surface area contributed by atoms with E-state index >= 15 is 0 Å². The molecule has 0 unspecified atom stereocenters. The first-order chi connectivity index (χ1) is 7.49. The first kappa shape index (κ1) is 15.6. The van der Waals surface area contributed by atoms with Gasteiger partial charge < -0.3 is 9.84 Å². The van der Waals surface area contributed by atoms with Gasteiger partial charge in [0.25, 0.3) is 0 Å². The van der Waals surface area contributed by atoms with Gasteiger partial charge in [-0.05, 0) is 6.42 Å². The lowest BCUT2D eigenvalue weighted by atomic mass is 10.3. The average Bonchev–Trinajstić information content (AvgIpc) is 2.29. The maximum Gasteiger partial charge on any atom is 0.529 e. The van der Waals surface area contributed by atoms with E-state index in [4.69, 9.17) is 16.7 Å². The van der Waals surface area contributed by atoms with E-state index in [1.165, 1.54) is 14.2 Å². The molecule has 0 bridgehead atoms. The lowest BCUT2D eigenvalue weighted by molar-refractivity contribution is 0.189. The molecule has 0 radical (unpaired) electrons. The standard InChI is InChI=1S/C9H18NO4PS/c1-5-6-7-10-9(16)8(2)14-15(11,12-3)13-4/h2,5-7H2,1,3-4H3,(H,10,16). The molecule has 0 aliphatic heterocycles. The monoisotopic (exact) mass is 267 g/mol. The number of nitrogens with one attached hydrogen (secondary N) is 1. The van der Waals surface area contributed by atoms with Crippen molar-refractivity contribution in [1.82, 2.24) is 5.32 Å². The molecule has 0 atom stereocenters. The maximum atomic E-state index is 11.6. The topological polar surface area (TPSA) is 56.8 Å². The van der Waals surface area contributed by atoms with Gasteiger partial charge in [0.2, 0.25) is 0 Å². The minimum atomic E-state index is -3.56. The van der Waals surface area contributed by atoms with Gasteiger partial charge in [0.05, 0.1) is 0 Å². The molecule has 0 aromatic rings. The Kier molecular flexibility index (Phi) is 7.58. The lowest BCUT2D eigenvalue weighted by Gasteiger charge is -2.16. The Morgan fingerprint density at radius 1 is 1.44 bits per heavy atom. The molecule has 0 fully saturated rings. The average molecular weight is 267 g/mol. The minimum absolute atomic E-state index is 0.0816. The summed E-state index contributed by atoms with van der Waals surface area (Å²) in [5.74, 6) is 0.0816. The first-order valence-electron chi connectivity index (χ1n) is 4.87. The number of hydrogen-bond donors (Lipinski definition) is 1. The van der Waals surface area contributed by atoms with Crippen LogP contribution in [0.5, 0.6) is 0 Å². The summed E-state index contributed by atoms with van der Waals surface area (Å²) in [6.45, 7) is 6.35. The molecule has 7 heteroatoms. The van der Waals surface area contributed by atoms with Crippen molar-refractivity contribution in [2.75, 3.05) is 20.8 Å². The third-order valence-electron chi connectivity index (χ3n) is 1.74. The third-order valence-corrected chi connectivity index (χ3v) is 3.45. The summed E-state index contributed by atoms with van der Waals surface area (Å²) in [6, 6.07) is 0. The Balaban J connectivity index is 4.15. The molecule has 0 aromatic heterocycles. The van der Waals surface area contributed by atoms with Crippen molar-refractivity contribution in [3.8, 4) is 0 Å². The Labute approximate surface area is 102 Å². The second-order valence-corrected chi connectivity index (χ2v) is 5.15. The number of hydrogen-bond acceptors (Lipinski definition) is 5. The van der Waals surface area contributed by atoms with Gasteiger partial charge in [-0.25, -0.2) is 4.57 Å². The van der Waals surface area contributed by atoms with Gasteiger partial charge in [0.15, 0.2) is 5.76 Å². The van der Waals surface area contributed by atoms with Gasteiger partial charge in [-0.1, -0.05) is 32.1 Å². The third kappa shape index (κ3) is 5.61. The van der Waals surface area contributed by atoms with E-state index in [1.54, 1.807) is 0 Å².